The minimum absolute atomic E-state index is 0.343. The summed E-state index contributed by atoms with van der Waals surface area (Å²) in [5.74, 6) is 0.343. The zero-order valence-corrected chi connectivity index (χ0v) is 8.24. The van der Waals surface area contributed by atoms with E-state index in [1.165, 1.54) is 0 Å². The second kappa shape index (κ2) is 12.3. The number of hydrogen-bond acceptors (Lipinski definition) is 2. The Bertz CT molecular complexity index is 81.6. The topological polar surface area (TPSA) is 29.1 Å². The fourth-order valence-electron chi connectivity index (χ4n) is 0.581. The smallest absolute Gasteiger partial charge is 0.133 e. The van der Waals surface area contributed by atoms with Crippen molar-refractivity contribution in [3.63, 3.8) is 0 Å². The van der Waals surface area contributed by atoms with Gasteiger partial charge in [0.05, 0.1) is 0 Å². The molecular weight excluding hydrogens is 138 g/mol. The summed E-state index contributed by atoms with van der Waals surface area (Å²) in [5, 5.41) is 3.09. The van der Waals surface area contributed by atoms with Crippen LogP contribution in [0.5, 0.6) is 0 Å². The number of carbonyl (C=O) groups is 1. The average molecular weight is 159 g/mol. The van der Waals surface area contributed by atoms with Crippen molar-refractivity contribution in [2.24, 2.45) is 0 Å². The third-order valence-electron chi connectivity index (χ3n) is 1.22. The Kier molecular flexibility index (Phi) is 14.8. The van der Waals surface area contributed by atoms with Crippen molar-refractivity contribution in [2.75, 3.05) is 13.1 Å². The molecule has 0 bridgehead atoms. The Hall–Kier alpha value is -0.370. The highest BCUT2D eigenvalue weighted by molar-refractivity contribution is 5.78. The van der Waals surface area contributed by atoms with Crippen LogP contribution in [-0.4, -0.2) is 18.9 Å². The van der Waals surface area contributed by atoms with Crippen LogP contribution in [0.4, 0.5) is 0 Å². The van der Waals surface area contributed by atoms with E-state index in [1.54, 1.807) is 0 Å². The highest BCUT2D eigenvalue weighted by Crippen LogP contribution is 1.85. The maximum absolute atomic E-state index is 10.6. The van der Waals surface area contributed by atoms with Crippen molar-refractivity contribution in [3.8, 4) is 0 Å². The van der Waals surface area contributed by atoms with Crippen molar-refractivity contribution >= 4 is 5.78 Å². The zero-order valence-electron chi connectivity index (χ0n) is 8.24. The number of rotatable bonds is 5. The summed E-state index contributed by atoms with van der Waals surface area (Å²) in [7, 11) is 0. The largest absolute Gasteiger partial charge is 0.317 e. The summed E-state index contributed by atoms with van der Waals surface area (Å²) < 4.78 is 0. The van der Waals surface area contributed by atoms with Crippen LogP contribution in [0, 0.1) is 0 Å². The van der Waals surface area contributed by atoms with E-state index in [-0.39, 0.29) is 0 Å². The molecule has 0 aromatic rings. The van der Waals surface area contributed by atoms with Gasteiger partial charge in [0.1, 0.15) is 5.78 Å². The van der Waals surface area contributed by atoms with E-state index in [0.29, 0.717) is 18.6 Å². The first-order valence-corrected chi connectivity index (χ1v) is 4.53. The van der Waals surface area contributed by atoms with E-state index >= 15 is 0 Å². The molecule has 2 heteroatoms. The van der Waals surface area contributed by atoms with E-state index < -0.39 is 0 Å². The van der Waals surface area contributed by atoms with Gasteiger partial charge in [-0.1, -0.05) is 27.7 Å². The van der Waals surface area contributed by atoms with Crippen molar-refractivity contribution in [1.29, 1.82) is 0 Å². The molecule has 0 aliphatic heterocycles. The van der Waals surface area contributed by atoms with Gasteiger partial charge in [-0.2, -0.15) is 0 Å². The van der Waals surface area contributed by atoms with Gasteiger partial charge in [0.15, 0.2) is 0 Å². The lowest BCUT2D eigenvalue weighted by Crippen LogP contribution is -2.16. The van der Waals surface area contributed by atoms with Crippen LogP contribution in [0.2, 0.25) is 0 Å². The lowest BCUT2D eigenvalue weighted by atomic mass is 10.2. The molecule has 0 unspecified atom stereocenters. The number of hydrogen-bond donors (Lipinski definition) is 1. The zero-order chi connectivity index (χ0) is 9.11. The predicted octanol–water partition coefficient (Wildman–Crippen LogP) is 1.99. The third kappa shape index (κ3) is 12.8. The van der Waals surface area contributed by atoms with Crippen molar-refractivity contribution in [1.82, 2.24) is 5.32 Å². The molecule has 0 heterocycles. The molecule has 11 heavy (non-hydrogen) atoms. The summed E-state index contributed by atoms with van der Waals surface area (Å²) in [5.41, 5.74) is 0. The number of ketones is 1. The summed E-state index contributed by atoms with van der Waals surface area (Å²) in [6.45, 7) is 9.73. The molecule has 0 atom stereocenters. The fraction of sp³-hybridized carbons (Fsp3) is 0.889. The van der Waals surface area contributed by atoms with Gasteiger partial charge in [0.25, 0.3) is 0 Å². The van der Waals surface area contributed by atoms with Crippen LogP contribution in [0.3, 0.4) is 0 Å². The Morgan fingerprint density at radius 2 is 1.82 bits per heavy atom. The van der Waals surface area contributed by atoms with Crippen LogP contribution in [0.25, 0.3) is 0 Å². The SMILES string of the molecule is CC.CCNCCC(=O)CC. The van der Waals surface area contributed by atoms with Gasteiger partial charge < -0.3 is 5.32 Å². The Labute approximate surface area is 70.4 Å². The number of Topliss-reactive ketones (excluding diaryl/α,β-unsaturated/α-hetero) is 1. The number of carbonyl (C=O) groups excluding carboxylic acids is 1. The van der Waals surface area contributed by atoms with Crippen molar-refractivity contribution in [2.45, 2.75) is 40.5 Å². The first kappa shape index (κ1) is 13.2. The van der Waals surface area contributed by atoms with Crippen LogP contribution < -0.4 is 5.32 Å². The van der Waals surface area contributed by atoms with Gasteiger partial charge >= 0.3 is 0 Å². The molecule has 0 aliphatic rings. The van der Waals surface area contributed by atoms with E-state index in [1.807, 2.05) is 27.7 Å². The first-order valence-electron chi connectivity index (χ1n) is 4.53. The molecule has 0 spiro atoms. The minimum atomic E-state index is 0.343. The van der Waals surface area contributed by atoms with Gasteiger partial charge in [-0.3, -0.25) is 4.79 Å². The van der Waals surface area contributed by atoms with Gasteiger partial charge in [-0.25, -0.2) is 0 Å². The average Bonchev–Trinajstić information content (AvgIpc) is 2.08. The predicted molar refractivity (Wildman–Crippen MR) is 49.8 cm³/mol. The van der Waals surface area contributed by atoms with Crippen molar-refractivity contribution < 1.29 is 4.79 Å². The molecule has 0 fully saturated rings. The maximum atomic E-state index is 10.6. The molecule has 1 N–H and O–H groups in total. The molecule has 0 saturated carbocycles. The Morgan fingerprint density at radius 1 is 1.27 bits per heavy atom. The van der Waals surface area contributed by atoms with Crippen LogP contribution >= 0.6 is 0 Å². The minimum Gasteiger partial charge on any atom is -0.317 e. The van der Waals surface area contributed by atoms with Gasteiger partial charge in [0, 0.05) is 19.4 Å². The summed E-state index contributed by atoms with van der Waals surface area (Å²) in [4.78, 5) is 10.6. The van der Waals surface area contributed by atoms with Crippen molar-refractivity contribution in [3.05, 3.63) is 0 Å². The molecule has 0 aliphatic carbocycles. The maximum Gasteiger partial charge on any atom is 0.133 e. The molecule has 0 aromatic heterocycles. The molecule has 0 radical (unpaired) electrons. The second-order valence-electron chi connectivity index (χ2n) is 2.00. The summed E-state index contributed by atoms with van der Waals surface area (Å²) in [6.07, 6.45) is 1.36. The standard InChI is InChI=1S/C7H15NO.C2H6/c1-3-7(9)5-6-8-4-2;1-2/h8H,3-6H2,1-2H3;1-2H3. The number of nitrogens with one attached hydrogen (secondary N) is 1. The normalized spacial score (nSPS) is 8.36. The van der Waals surface area contributed by atoms with Gasteiger partial charge in [-0.15, -0.1) is 0 Å². The third-order valence-corrected chi connectivity index (χ3v) is 1.22. The fourth-order valence-corrected chi connectivity index (χ4v) is 0.581. The summed E-state index contributed by atoms with van der Waals surface area (Å²) in [6, 6.07) is 0. The van der Waals surface area contributed by atoms with E-state index in [4.69, 9.17) is 0 Å². The van der Waals surface area contributed by atoms with E-state index in [0.717, 1.165) is 13.1 Å². The molecule has 0 aromatic carbocycles. The first-order chi connectivity index (χ1) is 5.31. The molecular formula is C9H21NO. The molecule has 0 saturated heterocycles. The quantitative estimate of drug-likeness (QED) is 0.622. The molecule has 2 nitrogen and oxygen atoms in total. The van der Waals surface area contributed by atoms with Crippen LogP contribution in [0.1, 0.15) is 40.5 Å². The monoisotopic (exact) mass is 159 g/mol. The molecule has 68 valence electrons. The van der Waals surface area contributed by atoms with Crippen LogP contribution in [0.15, 0.2) is 0 Å². The summed E-state index contributed by atoms with van der Waals surface area (Å²) >= 11 is 0. The highest BCUT2D eigenvalue weighted by Gasteiger charge is 1.94. The lowest BCUT2D eigenvalue weighted by Gasteiger charge is -1.97. The highest BCUT2D eigenvalue weighted by atomic mass is 16.1. The van der Waals surface area contributed by atoms with E-state index in [9.17, 15) is 4.79 Å². The molecule has 0 rings (SSSR count). The lowest BCUT2D eigenvalue weighted by molar-refractivity contribution is -0.118. The Balaban J connectivity index is 0. The van der Waals surface area contributed by atoms with Gasteiger partial charge in [0.2, 0.25) is 0 Å². The van der Waals surface area contributed by atoms with Crippen LogP contribution in [-0.2, 0) is 4.79 Å². The van der Waals surface area contributed by atoms with Gasteiger partial charge in [-0.05, 0) is 6.54 Å². The molecule has 0 amide bonds. The second-order valence-corrected chi connectivity index (χ2v) is 2.00. The van der Waals surface area contributed by atoms with E-state index in [2.05, 4.69) is 5.32 Å². The Morgan fingerprint density at radius 3 is 2.18 bits per heavy atom.